The third-order valence-corrected chi connectivity index (χ3v) is 3.01. The van der Waals surface area contributed by atoms with Crippen LogP contribution in [0.3, 0.4) is 0 Å². The first-order chi connectivity index (χ1) is 5.90. The van der Waals surface area contributed by atoms with Crippen molar-refractivity contribution in [3.63, 3.8) is 0 Å². The molecule has 0 aromatic carbocycles. The predicted molar refractivity (Wildman–Crippen MR) is 55.6 cm³/mol. The molecule has 0 spiro atoms. The topological polar surface area (TPSA) is 40.5 Å². The molecule has 0 radical (unpaired) electrons. The molecule has 2 nitrogen and oxygen atoms in total. The normalized spacial score (nSPS) is 18.7. The van der Waals surface area contributed by atoms with E-state index < -0.39 is 5.60 Å². The summed E-state index contributed by atoms with van der Waals surface area (Å²) in [5.74, 6) is 0.809. The van der Waals surface area contributed by atoms with Crippen LogP contribution < -0.4 is 0 Å². The first-order valence-electron chi connectivity index (χ1n) is 5.23. The molecule has 0 fully saturated rings. The van der Waals surface area contributed by atoms with E-state index in [0.717, 1.165) is 19.3 Å². The average molecular weight is 188 g/mol. The van der Waals surface area contributed by atoms with Crippen molar-refractivity contribution in [1.82, 2.24) is 0 Å². The lowest BCUT2D eigenvalue weighted by Crippen LogP contribution is -2.31. The molecule has 0 aliphatic carbocycles. The quantitative estimate of drug-likeness (QED) is 0.671. The molecule has 2 N–H and O–H groups in total. The molecule has 0 aromatic rings. The molecular formula is C11H24O2. The number of aliphatic hydroxyl groups is 2. The second kappa shape index (κ2) is 5.61. The highest BCUT2D eigenvalue weighted by Crippen LogP contribution is 2.24. The van der Waals surface area contributed by atoms with Gasteiger partial charge in [-0.25, -0.2) is 0 Å². The van der Waals surface area contributed by atoms with Crippen molar-refractivity contribution in [3.8, 4) is 0 Å². The highest BCUT2D eigenvalue weighted by Gasteiger charge is 2.24. The van der Waals surface area contributed by atoms with Crippen molar-refractivity contribution in [2.75, 3.05) is 6.61 Å². The molecular weight excluding hydrogens is 164 g/mol. The van der Waals surface area contributed by atoms with Gasteiger partial charge < -0.3 is 10.2 Å². The molecule has 2 heteroatoms. The molecule has 0 heterocycles. The smallest absolute Gasteiger partial charge is 0.0642 e. The van der Waals surface area contributed by atoms with Crippen molar-refractivity contribution in [2.24, 2.45) is 11.8 Å². The highest BCUT2D eigenvalue weighted by molar-refractivity contribution is 4.76. The van der Waals surface area contributed by atoms with Crippen LogP contribution in [0.2, 0.25) is 0 Å². The van der Waals surface area contributed by atoms with E-state index in [9.17, 15) is 5.11 Å². The number of aliphatic hydroxyl groups excluding tert-OH is 1. The molecule has 80 valence electrons. The summed E-state index contributed by atoms with van der Waals surface area (Å²) in [7, 11) is 0. The van der Waals surface area contributed by atoms with Crippen LogP contribution in [0.25, 0.3) is 0 Å². The van der Waals surface area contributed by atoms with Crippen molar-refractivity contribution in [2.45, 2.75) is 52.6 Å². The molecule has 2 unspecified atom stereocenters. The Hall–Kier alpha value is -0.0800. The second-order valence-corrected chi connectivity index (χ2v) is 4.67. The molecule has 0 saturated heterocycles. The zero-order valence-corrected chi connectivity index (χ0v) is 9.38. The van der Waals surface area contributed by atoms with Crippen LogP contribution in [0.4, 0.5) is 0 Å². The van der Waals surface area contributed by atoms with Crippen molar-refractivity contribution >= 4 is 0 Å². The number of hydrogen-bond acceptors (Lipinski definition) is 2. The van der Waals surface area contributed by atoms with Crippen LogP contribution in [-0.4, -0.2) is 22.4 Å². The summed E-state index contributed by atoms with van der Waals surface area (Å²) in [5, 5.41) is 18.7. The summed E-state index contributed by atoms with van der Waals surface area (Å²) in [6, 6.07) is 0. The van der Waals surface area contributed by atoms with Gasteiger partial charge in [0.25, 0.3) is 0 Å². The third-order valence-electron chi connectivity index (χ3n) is 3.01. The van der Waals surface area contributed by atoms with Crippen LogP contribution in [-0.2, 0) is 0 Å². The summed E-state index contributed by atoms with van der Waals surface area (Å²) in [4.78, 5) is 0. The SMILES string of the molecule is CC(CCO)CCC(C)(O)C(C)C. The van der Waals surface area contributed by atoms with E-state index in [1.54, 1.807) is 0 Å². The van der Waals surface area contributed by atoms with Gasteiger partial charge in [-0.3, -0.25) is 0 Å². The second-order valence-electron chi connectivity index (χ2n) is 4.67. The van der Waals surface area contributed by atoms with Gasteiger partial charge in [-0.2, -0.15) is 0 Å². The lowest BCUT2D eigenvalue weighted by Gasteiger charge is -2.28. The van der Waals surface area contributed by atoms with E-state index in [4.69, 9.17) is 5.11 Å². The van der Waals surface area contributed by atoms with Gasteiger partial charge >= 0.3 is 0 Å². The average Bonchev–Trinajstić information content (AvgIpc) is 2.01. The van der Waals surface area contributed by atoms with Crippen molar-refractivity contribution < 1.29 is 10.2 Å². The van der Waals surface area contributed by atoms with Gasteiger partial charge in [0, 0.05) is 6.61 Å². The van der Waals surface area contributed by atoms with Gasteiger partial charge in [-0.15, -0.1) is 0 Å². The summed E-state index contributed by atoms with van der Waals surface area (Å²) < 4.78 is 0. The molecule has 0 amide bonds. The molecule has 0 bridgehead atoms. The zero-order valence-electron chi connectivity index (χ0n) is 9.38. The summed E-state index contributed by atoms with van der Waals surface area (Å²) in [6.07, 6.45) is 2.66. The van der Waals surface area contributed by atoms with Crippen LogP contribution >= 0.6 is 0 Å². The van der Waals surface area contributed by atoms with E-state index in [1.807, 2.05) is 20.8 Å². The molecule has 13 heavy (non-hydrogen) atoms. The maximum atomic E-state index is 9.95. The molecule has 0 saturated carbocycles. The summed E-state index contributed by atoms with van der Waals surface area (Å²) in [6.45, 7) is 8.34. The van der Waals surface area contributed by atoms with Gasteiger partial charge in [0.15, 0.2) is 0 Å². The van der Waals surface area contributed by atoms with Gasteiger partial charge in [-0.1, -0.05) is 20.8 Å². The molecule has 0 aliphatic heterocycles. The fourth-order valence-electron chi connectivity index (χ4n) is 1.19. The maximum Gasteiger partial charge on any atom is 0.0642 e. The van der Waals surface area contributed by atoms with Crippen molar-refractivity contribution in [1.29, 1.82) is 0 Å². The zero-order chi connectivity index (χ0) is 10.5. The standard InChI is InChI=1S/C11H24O2/c1-9(2)11(4,13)7-5-10(3)6-8-12/h9-10,12-13H,5-8H2,1-4H3. The van der Waals surface area contributed by atoms with Gasteiger partial charge in [0.05, 0.1) is 5.60 Å². The lowest BCUT2D eigenvalue weighted by molar-refractivity contribution is -0.000367. The number of hydrogen-bond donors (Lipinski definition) is 2. The third kappa shape index (κ3) is 5.27. The summed E-state index contributed by atoms with van der Waals surface area (Å²) in [5.41, 5.74) is -0.552. The molecule has 0 aliphatic rings. The number of rotatable bonds is 6. The molecule has 0 aromatic heterocycles. The Bertz CT molecular complexity index is 130. The van der Waals surface area contributed by atoms with Crippen LogP contribution in [0.5, 0.6) is 0 Å². The fraction of sp³-hybridized carbons (Fsp3) is 1.00. The van der Waals surface area contributed by atoms with Crippen LogP contribution in [0, 0.1) is 11.8 Å². The van der Waals surface area contributed by atoms with Gasteiger partial charge in [-0.05, 0) is 38.0 Å². The van der Waals surface area contributed by atoms with E-state index in [1.165, 1.54) is 0 Å². The largest absolute Gasteiger partial charge is 0.396 e. The first kappa shape index (κ1) is 12.9. The fourth-order valence-corrected chi connectivity index (χ4v) is 1.19. The van der Waals surface area contributed by atoms with E-state index in [0.29, 0.717) is 11.8 Å². The van der Waals surface area contributed by atoms with Crippen LogP contribution in [0.1, 0.15) is 47.0 Å². The summed E-state index contributed by atoms with van der Waals surface area (Å²) >= 11 is 0. The van der Waals surface area contributed by atoms with Crippen molar-refractivity contribution in [3.05, 3.63) is 0 Å². The van der Waals surface area contributed by atoms with Gasteiger partial charge in [0.2, 0.25) is 0 Å². The van der Waals surface area contributed by atoms with Gasteiger partial charge in [0.1, 0.15) is 0 Å². The van der Waals surface area contributed by atoms with Crippen LogP contribution in [0.15, 0.2) is 0 Å². The minimum atomic E-state index is -0.552. The first-order valence-corrected chi connectivity index (χ1v) is 5.23. The Labute approximate surface area is 82.0 Å². The monoisotopic (exact) mass is 188 g/mol. The molecule has 2 atom stereocenters. The minimum Gasteiger partial charge on any atom is -0.396 e. The Kier molecular flexibility index (Phi) is 5.57. The highest BCUT2D eigenvalue weighted by atomic mass is 16.3. The Morgan fingerprint density at radius 1 is 1.15 bits per heavy atom. The maximum absolute atomic E-state index is 9.95. The van der Waals surface area contributed by atoms with E-state index in [-0.39, 0.29) is 6.61 Å². The Morgan fingerprint density at radius 2 is 1.69 bits per heavy atom. The predicted octanol–water partition coefficient (Wildman–Crippen LogP) is 2.19. The Morgan fingerprint density at radius 3 is 2.08 bits per heavy atom. The minimum absolute atomic E-state index is 0.255. The van der Waals surface area contributed by atoms with E-state index >= 15 is 0 Å². The van der Waals surface area contributed by atoms with E-state index in [2.05, 4.69) is 6.92 Å². The molecule has 0 rings (SSSR count). The lowest BCUT2D eigenvalue weighted by atomic mass is 9.85. The Balaban J connectivity index is 3.74.